The van der Waals surface area contributed by atoms with Crippen molar-refractivity contribution in [2.75, 3.05) is 0 Å². The fraction of sp³-hybridized carbons (Fsp3) is 0.0455. The maximum Gasteiger partial charge on any atom is 0.353 e. The van der Waals surface area contributed by atoms with Crippen LogP contribution in [-0.4, -0.2) is 25.6 Å². The van der Waals surface area contributed by atoms with Crippen LogP contribution in [0.15, 0.2) is 67.5 Å². The number of pyridine rings is 2. The van der Waals surface area contributed by atoms with E-state index < -0.39 is 17.3 Å². The lowest BCUT2D eigenvalue weighted by atomic mass is 10.0. The van der Waals surface area contributed by atoms with Crippen LogP contribution in [0.5, 0.6) is 0 Å². The zero-order valence-corrected chi connectivity index (χ0v) is 17.7. The van der Waals surface area contributed by atoms with Gasteiger partial charge in [-0.25, -0.2) is 9.18 Å². The Morgan fingerprint density at radius 3 is 2.78 bits per heavy atom. The average molecular weight is 498 g/mol. The Kier molecular flexibility index (Phi) is 4.59. The van der Waals surface area contributed by atoms with Crippen LogP contribution in [0.4, 0.5) is 4.39 Å². The molecular weight excluding hydrogens is 485 g/mol. The fourth-order valence-corrected chi connectivity index (χ4v) is 4.31. The number of aromatic nitrogens is 3. The minimum Gasteiger partial charge on any atom is -0.477 e. The van der Waals surface area contributed by atoms with E-state index in [4.69, 9.17) is 4.42 Å². The van der Waals surface area contributed by atoms with Crippen molar-refractivity contribution in [3.8, 4) is 11.1 Å². The third-order valence-corrected chi connectivity index (χ3v) is 6.03. The number of nitrogens with zero attached hydrogens (tertiary/aromatic N) is 1. The zero-order valence-electron chi connectivity index (χ0n) is 16.1. The number of aromatic amines is 2. The van der Waals surface area contributed by atoms with Gasteiger partial charge in [-0.05, 0) is 45.8 Å². The first kappa shape index (κ1) is 20.0. The first-order chi connectivity index (χ1) is 15.4. The molecule has 5 aromatic rings. The van der Waals surface area contributed by atoms with E-state index in [9.17, 15) is 23.9 Å². The summed E-state index contributed by atoms with van der Waals surface area (Å²) in [6.07, 6.45) is 4.18. The molecule has 0 aliphatic carbocycles. The molecule has 4 heterocycles. The van der Waals surface area contributed by atoms with Crippen molar-refractivity contribution in [1.82, 2.24) is 14.5 Å². The minimum atomic E-state index is -1.32. The van der Waals surface area contributed by atoms with Crippen molar-refractivity contribution in [2.24, 2.45) is 0 Å². The molecule has 3 N–H and O–H groups in total. The highest BCUT2D eigenvalue weighted by atomic mass is 79.9. The van der Waals surface area contributed by atoms with Gasteiger partial charge in [0.25, 0.3) is 5.56 Å². The van der Waals surface area contributed by atoms with Gasteiger partial charge in [0.2, 0.25) is 5.56 Å². The lowest BCUT2D eigenvalue weighted by molar-refractivity contribution is 0.0687. The Labute approximate surface area is 186 Å². The van der Waals surface area contributed by atoms with Crippen molar-refractivity contribution in [2.45, 2.75) is 6.54 Å². The summed E-state index contributed by atoms with van der Waals surface area (Å²) in [5.74, 6) is -1.92. The van der Waals surface area contributed by atoms with Gasteiger partial charge in [0.15, 0.2) is 0 Å². The summed E-state index contributed by atoms with van der Waals surface area (Å²) in [4.78, 5) is 42.0. The second-order valence-corrected chi connectivity index (χ2v) is 7.97. The molecular formula is C22H13BrFN3O5. The van der Waals surface area contributed by atoms with E-state index in [2.05, 4.69) is 25.9 Å². The molecule has 0 bridgehead atoms. The van der Waals surface area contributed by atoms with E-state index in [1.165, 1.54) is 47.5 Å². The number of nitrogens with one attached hydrogen (secondary N) is 2. The summed E-state index contributed by atoms with van der Waals surface area (Å²) in [6.45, 7) is -0.0704. The van der Waals surface area contributed by atoms with Gasteiger partial charge in [-0.1, -0.05) is 0 Å². The lowest BCUT2D eigenvalue weighted by Gasteiger charge is -2.10. The molecule has 10 heteroatoms. The van der Waals surface area contributed by atoms with Crippen LogP contribution in [-0.2, 0) is 6.54 Å². The van der Waals surface area contributed by atoms with Gasteiger partial charge < -0.3 is 24.1 Å². The lowest BCUT2D eigenvalue weighted by Crippen LogP contribution is -2.15. The quantitative estimate of drug-likeness (QED) is 0.345. The molecule has 0 spiro atoms. The summed E-state index contributed by atoms with van der Waals surface area (Å²) in [7, 11) is 0. The van der Waals surface area contributed by atoms with E-state index in [1.807, 2.05) is 0 Å². The number of hydrogen-bond donors (Lipinski definition) is 3. The minimum absolute atomic E-state index is 0.0704. The SMILES string of the molecule is O=C(O)c1c(-c2ccc[nH]c2=O)c2c3occc3c(F)cc2n1Cc1cc(=O)[nH]cc1Br. The molecule has 0 radical (unpaired) electrons. The van der Waals surface area contributed by atoms with Gasteiger partial charge in [0, 0.05) is 35.0 Å². The molecule has 0 atom stereocenters. The Morgan fingerprint density at radius 1 is 1.22 bits per heavy atom. The van der Waals surface area contributed by atoms with E-state index in [0.29, 0.717) is 15.4 Å². The summed E-state index contributed by atoms with van der Waals surface area (Å²) >= 11 is 3.35. The maximum absolute atomic E-state index is 14.9. The van der Waals surface area contributed by atoms with Crippen molar-refractivity contribution in [3.05, 3.63) is 91.2 Å². The van der Waals surface area contributed by atoms with Gasteiger partial charge >= 0.3 is 5.97 Å². The normalized spacial score (nSPS) is 11.4. The molecule has 160 valence electrons. The van der Waals surface area contributed by atoms with Crippen LogP contribution in [0, 0.1) is 5.82 Å². The molecule has 0 aliphatic rings. The average Bonchev–Trinajstić information content (AvgIpc) is 3.35. The first-order valence-electron chi connectivity index (χ1n) is 9.37. The highest BCUT2D eigenvalue weighted by molar-refractivity contribution is 9.10. The Bertz CT molecular complexity index is 1660. The van der Waals surface area contributed by atoms with E-state index >= 15 is 0 Å². The second-order valence-electron chi connectivity index (χ2n) is 7.11. The number of aromatic carboxylic acids is 1. The number of benzene rings is 1. The zero-order chi connectivity index (χ0) is 22.6. The number of hydrogen-bond acceptors (Lipinski definition) is 4. The molecule has 0 unspecified atom stereocenters. The van der Waals surface area contributed by atoms with Crippen LogP contribution >= 0.6 is 15.9 Å². The molecule has 0 amide bonds. The highest BCUT2D eigenvalue weighted by Gasteiger charge is 2.29. The van der Waals surface area contributed by atoms with Crippen molar-refractivity contribution < 1.29 is 18.7 Å². The van der Waals surface area contributed by atoms with Crippen LogP contribution < -0.4 is 11.1 Å². The molecule has 0 saturated carbocycles. The molecule has 1 aromatic carbocycles. The number of H-pyrrole nitrogens is 2. The second kappa shape index (κ2) is 7.34. The first-order valence-corrected chi connectivity index (χ1v) is 10.2. The third kappa shape index (κ3) is 2.99. The molecule has 0 fully saturated rings. The van der Waals surface area contributed by atoms with Gasteiger partial charge in [-0.15, -0.1) is 0 Å². The van der Waals surface area contributed by atoms with Gasteiger partial charge in [0.05, 0.1) is 28.1 Å². The topological polar surface area (TPSA) is 121 Å². The van der Waals surface area contributed by atoms with Gasteiger partial charge in [-0.3, -0.25) is 9.59 Å². The molecule has 0 saturated heterocycles. The molecule has 8 nitrogen and oxygen atoms in total. The maximum atomic E-state index is 14.9. The highest BCUT2D eigenvalue weighted by Crippen LogP contribution is 2.40. The Balaban J connectivity index is 1.97. The van der Waals surface area contributed by atoms with Crippen LogP contribution in [0.2, 0.25) is 0 Å². The third-order valence-electron chi connectivity index (χ3n) is 5.29. The molecule has 0 aliphatic heterocycles. The monoisotopic (exact) mass is 497 g/mol. The fourth-order valence-electron chi connectivity index (χ4n) is 3.96. The number of rotatable bonds is 4. The molecule has 5 rings (SSSR count). The van der Waals surface area contributed by atoms with E-state index in [1.54, 1.807) is 6.07 Å². The summed E-state index contributed by atoms with van der Waals surface area (Å²) in [6, 6.07) is 7.03. The van der Waals surface area contributed by atoms with Gasteiger partial charge in [-0.2, -0.15) is 0 Å². The van der Waals surface area contributed by atoms with Gasteiger partial charge in [0.1, 0.15) is 17.1 Å². The van der Waals surface area contributed by atoms with Crippen LogP contribution in [0.3, 0.4) is 0 Å². The summed E-state index contributed by atoms with van der Waals surface area (Å²) in [5, 5.41) is 10.6. The number of furan rings is 1. The number of carboxylic acid groups (broad SMARTS) is 1. The van der Waals surface area contributed by atoms with Crippen molar-refractivity contribution in [3.63, 3.8) is 0 Å². The number of halogens is 2. The van der Waals surface area contributed by atoms with Crippen LogP contribution in [0.25, 0.3) is 33.0 Å². The standard InChI is InChI=1S/C22H13BrFN3O5/c23-13-8-26-16(28)6-10(13)9-27-15-7-14(24)11-3-5-32-20(11)18(15)17(19(27)22(30)31)12-2-1-4-25-21(12)29/h1-8H,9H2,(H,25,29)(H,26,28)(H,30,31). The Morgan fingerprint density at radius 2 is 2.03 bits per heavy atom. The van der Waals surface area contributed by atoms with Crippen molar-refractivity contribution >= 4 is 43.8 Å². The van der Waals surface area contributed by atoms with E-state index in [-0.39, 0.29) is 45.4 Å². The summed E-state index contributed by atoms with van der Waals surface area (Å²) < 4.78 is 22.3. The number of carbonyl (C=O) groups is 1. The number of fused-ring (bicyclic) bond motifs is 3. The van der Waals surface area contributed by atoms with Crippen LogP contribution in [0.1, 0.15) is 16.1 Å². The Hall–Kier alpha value is -3.92. The summed E-state index contributed by atoms with van der Waals surface area (Å²) in [5.41, 5.74) is -0.0875. The van der Waals surface area contributed by atoms with Crippen molar-refractivity contribution in [1.29, 1.82) is 0 Å². The van der Waals surface area contributed by atoms with E-state index in [0.717, 1.165) is 0 Å². The predicted octanol–water partition coefficient (Wildman–Crippen LogP) is 4.08. The predicted molar refractivity (Wildman–Crippen MR) is 119 cm³/mol. The smallest absolute Gasteiger partial charge is 0.353 e. The largest absolute Gasteiger partial charge is 0.477 e. The molecule has 32 heavy (non-hydrogen) atoms. The molecule has 4 aromatic heterocycles. The number of carboxylic acids is 1.